The first-order chi connectivity index (χ1) is 8.97. The maximum absolute atomic E-state index is 12.0. The van der Waals surface area contributed by atoms with Crippen molar-refractivity contribution >= 4 is 5.91 Å². The van der Waals surface area contributed by atoms with Gasteiger partial charge in [0.15, 0.2) is 0 Å². The second kappa shape index (κ2) is 5.74. The number of hydrogen-bond acceptors (Lipinski definition) is 2. The highest BCUT2D eigenvalue weighted by atomic mass is 16.3. The number of benzene rings is 1. The first-order valence-corrected chi connectivity index (χ1v) is 7.02. The maximum Gasteiger partial charge on any atom is 0.225 e. The fourth-order valence-electron chi connectivity index (χ4n) is 2.83. The van der Waals surface area contributed by atoms with E-state index in [1.165, 1.54) is 0 Å². The highest BCUT2D eigenvalue weighted by molar-refractivity contribution is 5.79. The topological polar surface area (TPSA) is 40.5 Å². The summed E-state index contributed by atoms with van der Waals surface area (Å²) in [6, 6.07) is 6.08. The molecule has 1 amide bonds. The van der Waals surface area contributed by atoms with E-state index in [1.807, 2.05) is 32.9 Å². The fourth-order valence-corrected chi connectivity index (χ4v) is 2.83. The first-order valence-electron chi connectivity index (χ1n) is 7.02. The van der Waals surface area contributed by atoms with E-state index in [0.717, 1.165) is 36.1 Å². The normalized spacial score (nSPS) is 21.6. The first kappa shape index (κ1) is 14.1. The van der Waals surface area contributed by atoms with Crippen molar-refractivity contribution in [2.45, 2.75) is 39.7 Å². The Morgan fingerprint density at radius 2 is 1.95 bits per heavy atom. The molecular formula is C16H23NO2. The van der Waals surface area contributed by atoms with Crippen LogP contribution in [0.3, 0.4) is 0 Å². The number of hydrogen-bond donors (Lipinski definition) is 1. The van der Waals surface area contributed by atoms with Crippen molar-refractivity contribution in [3.63, 3.8) is 0 Å². The Morgan fingerprint density at radius 3 is 2.58 bits per heavy atom. The largest absolute Gasteiger partial charge is 0.387 e. The molecule has 1 fully saturated rings. The van der Waals surface area contributed by atoms with Gasteiger partial charge in [0.25, 0.3) is 0 Å². The van der Waals surface area contributed by atoms with Gasteiger partial charge in [-0.2, -0.15) is 0 Å². The van der Waals surface area contributed by atoms with E-state index in [-0.39, 0.29) is 11.8 Å². The molecule has 2 rings (SSSR count). The third kappa shape index (κ3) is 3.35. The van der Waals surface area contributed by atoms with Gasteiger partial charge in [-0.05, 0) is 32.3 Å². The number of carbonyl (C=O) groups is 1. The minimum absolute atomic E-state index is 0.0974. The summed E-state index contributed by atoms with van der Waals surface area (Å²) in [5.41, 5.74) is 3.20. The third-order valence-corrected chi connectivity index (χ3v) is 3.82. The zero-order chi connectivity index (χ0) is 14.0. The molecule has 0 saturated carbocycles. The fraction of sp³-hybridized carbons (Fsp3) is 0.562. The molecular weight excluding hydrogens is 238 g/mol. The van der Waals surface area contributed by atoms with E-state index in [1.54, 1.807) is 4.90 Å². The molecule has 1 aliphatic heterocycles. The highest BCUT2D eigenvalue weighted by Crippen LogP contribution is 2.22. The van der Waals surface area contributed by atoms with Crippen LogP contribution in [0.4, 0.5) is 0 Å². The number of aliphatic hydroxyl groups is 1. The maximum atomic E-state index is 12.0. The van der Waals surface area contributed by atoms with Crippen LogP contribution < -0.4 is 0 Å². The molecule has 2 unspecified atom stereocenters. The van der Waals surface area contributed by atoms with Crippen LogP contribution in [-0.2, 0) is 4.79 Å². The van der Waals surface area contributed by atoms with Gasteiger partial charge in [0.05, 0.1) is 12.6 Å². The van der Waals surface area contributed by atoms with Crippen LogP contribution in [0.25, 0.3) is 0 Å². The molecule has 0 aromatic heterocycles. The average molecular weight is 261 g/mol. The van der Waals surface area contributed by atoms with Gasteiger partial charge in [-0.1, -0.05) is 36.2 Å². The SMILES string of the molecule is Cc1cc(C)cc(C(O)CN2CCCC(C)C2=O)c1. The predicted octanol–water partition coefficient (Wildman–Crippen LogP) is 2.60. The predicted molar refractivity (Wildman–Crippen MR) is 75.9 cm³/mol. The lowest BCUT2D eigenvalue weighted by molar-refractivity contribution is -0.139. The zero-order valence-electron chi connectivity index (χ0n) is 12.0. The van der Waals surface area contributed by atoms with Crippen molar-refractivity contribution in [2.24, 2.45) is 5.92 Å². The van der Waals surface area contributed by atoms with Gasteiger partial charge in [-0.25, -0.2) is 0 Å². The van der Waals surface area contributed by atoms with Gasteiger partial charge >= 0.3 is 0 Å². The highest BCUT2D eigenvalue weighted by Gasteiger charge is 2.26. The van der Waals surface area contributed by atoms with Crippen molar-refractivity contribution in [3.05, 3.63) is 34.9 Å². The Balaban J connectivity index is 2.07. The minimum Gasteiger partial charge on any atom is -0.387 e. The van der Waals surface area contributed by atoms with Crippen molar-refractivity contribution in [1.29, 1.82) is 0 Å². The Hall–Kier alpha value is -1.35. The van der Waals surface area contributed by atoms with Gasteiger partial charge in [0, 0.05) is 12.5 Å². The van der Waals surface area contributed by atoms with Crippen LogP contribution in [0, 0.1) is 19.8 Å². The van der Waals surface area contributed by atoms with Gasteiger partial charge in [0.2, 0.25) is 5.91 Å². The van der Waals surface area contributed by atoms with Gasteiger partial charge in [-0.3, -0.25) is 4.79 Å². The second-order valence-electron chi connectivity index (χ2n) is 5.76. The number of rotatable bonds is 3. The number of nitrogens with zero attached hydrogens (tertiary/aromatic N) is 1. The average Bonchev–Trinajstić information content (AvgIpc) is 2.33. The Morgan fingerprint density at radius 1 is 1.32 bits per heavy atom. The zero-order valence-corrected chi connectivity index (χ0v) is 12.0. The molecule has 1 aromatic rings. The quantitative estimate of drug-likeness (QED) is 0.908. The number of amides is 1. The monoisotopic (exact) mass is 261 g/mol. The summed E-state index contributed by atoms with van der Waals surface area (Å²) in [4.78, 5) is 13.8. The van der Waals surface area contributed by atoms with E-state index in [9.17, 15) is 9.90 Å². The lowest BCUT2D eigenvalue weighted by Crippen LogP contribution is -2.42. The standard InChI is InChI=1S/C16H23NO2/c1-11-7-12(2)9-14(8-11)15(18)10-17-6-4-5-13(3)16(17)19/h7-9,13,15,18H,4-6,10H2,1-3H3. The molecule has 0 spiro atoms. The number of piperidine rings is 1. The summed E-state index contributed by atoms with van der Waals surface area (Å²) < 4.78 is 0. The van der Waals surface area contributed by atoms with Gasteiger partial charge in [-0.15, -0.1) is 0 Å². The van der Waals surface area contributed by atoms with Crippen LogP contribution in [0.2, 0.25) is 0 Å². The molecule has 1 N–H and O–H groups in total. The summed E-state index contributed by atoms with van der Waals surface area (Å²) >= 11 is 0. The van der Waals surface area contributed by atoms with Gasteiger partial charge < -0.3 is 10.0 Å². The van der Waals surface area contributed by atoms with Gasteiger partial charge in [0.1, 0.15) is 0 Å². The molecule has 1 aromatic carbocycles. The Bertz CT molecular complexity index is 450. The summed E-state index contributed by atoms with van der Waals surface area (Å²) in [6.45, 7) is 7.20. The molecule has 1 heterocycles. The third-order valence-electron chi connectivity index (χ3n) is 3.82. The van der Waals surface area contributed by atoms with E-state index in [4.69, 9.17) is 0 Å². The van der Waals surface area contributed by atoms with E-state index in [2.05, 4.69) is 6.07 Å². The molecule has 1 saturated heterocycles. The molecule has 0 radical (unpaired) electrons. The van der Waals surface area contributed by atoms with Crippen molar-refractivity contribution < 1.29 is 9.90 Å². The number of aliphatic hydroxyl groups excluding tert-OH is 1. The Labute approximate surface area is 115 Å². The molecule has 3 nitrogen and oxygen atoms in total. The Kier molecular flexibility index (Phi) is 4.25. The van der Waals surface area contributed by atoms with Crippen molar-refractivity contribution in [1.82, 2.24) is 4.90 Å². The molecule has 3 heteroatoms. The van der Waals surface area contributed by atoms with Crippen molar-refractivity contribution in [2.75, 3.05) is 13.1 Å². The van der Waals surface area contributed by atoms with E-state index < -0.39 is 6.10 Å². The number of aryl methyl sites for hydroxylation is 2. The second-order valence-corrected chi connectivity index (χ2v) is 5.76. The van der Waals surface area contributed by atoms with Crippen LogP contribution in [-0.4, -0.2) is 29.0 Å². The molecule has 0 bridgehead atoms. The van der Waals surface area contributed by atoms with Crippen LogP contribution >= 0.6 is 0 Å². The molecule has 1 aliphatic rings. The number of β-amino-alcohol motifs (C(OH)–C–C–N with tert-alkyl or cyclic N) is 1. The molecule has 104 valence electrons. The molecule has 2 atom stereocenters. The summed E-state index contributed by atoms with van der Waals surface area (Å²) in [7, 11) is 0. The smallest absolute Gasteiger partial charge is 0.225 e. The summed E-state index contributed by atoms with van der Waals surface area (Å²) in [5, 5.41) is 10.3. The molecule has 0 aliphatic carbocycles. The number of carbonyl (C=O) groups excluding carboxylic acids is 1. The van der Waals surface area contributed by atoms with E-state index in [0.29, 0.717) is 6.54 Å². The van der Waals surface area contributed by atoms with Crippen molar-refractivity contribution in [3.8, 4) is 0 Å². The van der Waals surface area contributed by atoms with Crippen LogP contribution in [0.5, 0.6) is 0 Å². The van der Waals surface area contributed by atoms with E-state index >= 15 is 0 Å². The number of likely N-dealkylation sites (tertiary alicyclic amines) is 1. The van der Waals surface area contributed by atoms with Crippen LogP contribution in [0.1, 0.15) is 42.6 Å². The molecule has 19 heavy (non-hydrogen) atoms. The lowest BCUT2D eigenvalue weighted by Gasteiger charge is -2.32. The minimum atomic E-state index is -0.590. The van der Waals surface area contributed by atoms with Crippen LogP contribution in [0.15, 0.2) is 18.2 Å². The summed E-state index contributed by atoms with van der Waals surface area (Å²) in [6.07, 6.45) is 1.41. The summed E-state index contributed by atoms with van der Waals surface area (Å²) in [5.74, 6) is 0.273. The lowest BCUT2D eigenvalue weighted by atomic mass is 9.97.